The van der Waals surface area contributed by atoms with Crippen molar-refractivity contribution in [3.63, 3.8) is 0 Å². The summed E-state index contributed by atoms with van der Waals surface area (Å²) in [6.45, 7) is 11.3. The van der Waals surface area contributed by atoms with Gasteiger partial charge in [0, 0.05) is 24.6 Å². The molecule has 6 nitrogen and oxygen atoms in total. The minimum absolute atomic E-state index is 0.00208. The van der Waals surface area contributed by atoms with Crippen molar-refractivity contribution < 1.29 is 5.11 Å². The minimum Gasteiger partial charge on any atom is -0.396 e. The van der Waals surface area contributed by atoms with Crippen LogP contribution in [0.15, 0.2) is 6.07 Å². The molecule has 0 aliphatic carbocycles. The van der Waals surface area contributed by atoms with Crippen LogP contribution in [0.5, 0.6) is 0 Å². The molecule has 1 aromatic heterocycles. The number of nitrogens with zero attached hydrogens (tertiary/aromatic N) is 2. The third-order valence-electron chi connectivity index (χ3n) is 3.08. The molecule has 0 bridgehead atoms. The van der Waals surface area contributed by atoms with Gasteiger partial charge in [-0.05, 0) is 11.8 Å². The molecular formula is C14H27N5O. The summed E-state index contributed by atoms with van der Waals surface area (Å²) in [5.74, 6) is 7.52. The van der Waals surface area contributed by atoms with E-state index in [-0.39, 0.29) is 17.4 Å². The van der Waals surface area contributed by atoms with Gasteiger partial charge in [0.05, 0.1) is 0 Å². The molecule has 0 aromatic carbocycles. The van der Waals surface area contributed by atoms with Crippen molar-refractivity contribution in [2.24, 2.45) is 11.3 Å². The lowest BCUT2D eigenvalue weighted by molar-refractivity contribution is 0.220. The number of anilines is 2. The average Bonchev–Trinajstić information content (AvgIpc) is 2.35. The van der Waals surface area contributed by atoms with Crippen LogP contribution in [0.1, 0.15) is 46.9 Å². The molecule has 1 aromatic rings. The maximum absolute atomic E-state index is 9.05. The molecule has 0 atom stereocenters. The standard InChI is InChI=1S/C14H27N5O/c1-13(2,3)12-17-10(8-11(18-12)19-15)16-9-14(4,5)6-7-20/h8,20H,6-7,9,15H2,1-5H3,(H2,16,17,18,19). The zero-order chi connectivity index (χ0) is 15.4. The van der Waals surface area contributed by atoms with Crippen molar-refractivity contribution in [3.05, 3.63) is 11.9 Å². The average molecular weight is 281 g/mol. The highest BCUT2D eigenvalue weighted by Crippen LogP contribution is 2.24. The first-order valence-corrected chi connectivity index (χ1v) is 6.89. The van der Waals surface area contributed by atoms with Gasteiger partial charge in [-0.3, -0.25) is 0 Å². The van der Waals surface area contributed by atoms with Crippen molar-refractivity contribution >= 4 is 11.6 Å². The Morgan fingerprint density at radius 1 is 1.15 bits per heavy atom. The van der Waals surface area contributed by atoms with Crippen LogP contribution in [-0.2, 0) is 5.41 Å². The van der Waals surface area contributed by atoms with E-state index in [1.807, 2.05) is 0 Å². The minimum atomic E-state index is -0.149. The molecule has 1 heterocycles. The summed E-state index contributed by atoms with van der Waals surface area (Å²) in [5.41, 5.74) is 2.42. The van der Waals surface area contributed by atoms with Crippen LogP contribution in [0.25, 0.3) is 0 Å². The van der Waals surface area contributed by atoms with Crippen molar-refractivity contribution in [3.8, 4) is 0 Å². The van der Waals surface area contributed by atoms with Crippen molar-refractivity contribution in [1.82, 2.24) is 9.97 Å². The summed E-state index contributed by atoms with van der Waals surface area (Å²) in [5, 5.41) is 12.4. The molecule has 0 aliphatic rings. The van der Waals surface area contributed by atoms with Gasteiger partial charge in [-0.15, -0.1) is 0 Å². The van der Waals surface area contributed by atoms with E-state index < -0.39 is 0 Å². The first kappa shape index (κ1) is 16.7. The summed E-state index contributed by atoms with van der Waals surface area (Å²) < 4.78 is 0. The number of aliphatic hydroxyl groups excluding tert-OH is 1. The van der Waals surface area contributed by atoms with E-state index in [2.05, 4.69) is 55.3 Å². The van der Waals surface area contributed by atoms with E-state index in [0.29, 0.717) is 5.82 Å². The molecule has 0 radical (unpaired) electrons. The van der Waals surface area contributed by atoms with Crippen molar-refractivity contribution in [2.45, 2.75) is 46.5 Å². The number of rotatable bonds is 6. The van der Waals surface area contributed by atoms with Crippen LogP contribution in [0.2, 0.25) is 0 Å². The molecule has 0 unspecified atom stereocenters. The Kier molecular flexibility index (Phi) is 5.30. The largest absolute Gasteiger partial charge is 0.396 e. The number of nitrogens with two attached hydrogens (primary N) is 1. The molecule has 0 saturated carbocycles. The summed E-state index contributed by atoms with van der Waals surface area (Å²) in [4.78, 5) is 8.91. The normalized spacial score (nSPS) is 12.3. The summed E-state index contributed by atoms with van der Waals surface area (Å²) in [6.07, 6.45) is 0.735. The highest BCUT2D eigenvalue weighted by atomic mass is 16.3. The lowest BCUT2D eigenvalue weighted by atomic mass is 9.90. The molecule has 114 valence electrons. The Labute approximate surface area is 121 Å². The first-order valence-electron chi connectivity index (χ1n) is 6.89. The molecule has 20 heavy (non-hydrogen) atoms. The number of nitrogen functional groups attached to an aromatic ring is 1. The summed E-state index contributed by atoms with van der Waals surface area (Å²) >= 11 is 0. The van der Waals surface area contributed by atoms with Gasteiger partial charge in [0.25, 0.3) is 0 Å². The van der Waals surface area contributed by atoms with Crippen LogP contribution in [0, 0.1) is 5.41 Å². The lowest BCUT2D eigenvalue weighted by Gasteiger charge is -2.25. The van der Waals surface area contributed by atoms with Gasteiger partial charge < -0.3 is 15.8 Å². The second-order valence-corrected chi connectivity index (χ2v) is 6.85. The third-order valence-corrected chi connectivity index (χ3v) is 3.08. The van der Waals surface area contributed by atoms with Crippen LogP contribution < -0.4 is 16.6 Å². The molecule has 0 spiro atoms. The second-order valence-electron chi connectivity index (χ2n) is 6.85. The number of aliphatic hydroxyl groups is 1. The fourth-order valence-electron chi connectivity index (χ4n) is 1.67. The first-order chi connectivity index (χ1) is 9.18. The lowest BCUT2D eigenvalue weighted by Crippen LogP contribution is -2.26. The molecule has 1 rings (SSSR count). The third kappa shape index (κ3) is 4.94. The smallest absolute Gasteiger partial charge is 0.145 e. The Balaban J connectivity index is 2.90. The number of aromatic nitrogens is 2. The van der Waals surface area contributed by atoms with Crippen LogP contribution in [0.3, 0.4) is 0 Å². The van der Waals surface area contributed by atoms with Crippen molar-refractivity contribution in [1.29, 1.82) is 0 Å². The fraction of sp³-hybridized carbons (Fsp3) is 0.714. The predicted octanol–water partition coefficient (Wildman–Crippen LogP) is 1.88. The van der Waals surface area contributed by atoms with E-state index in [4.69, 9.17) is 10.9 Å². The van der Waals surface area contributed by atoms with Gasteiger partial charge in [-0.25, -0.2) is 15.8 Å². The Hall–Kier alpha value is -1.40. The van der Waals surface area contributed by atoms with E-state index in [1.54, 1.807) is 6.07 Å². The van der Waals surface area contributed by atoms with Crippen LogP contribution >= 0.6 is 0 Å². The van der Waals surface area contributed by atoms with Gasteiger partial charge >= 0.3 is 0 Å². The van der Waals surface area contributed by atoms with E-state index in [0.717, 1.165) is 24.6 Å². The fourth-order valence-corrected chi connectivity index (χ4v) is 1.67. The van der Waals surface area contributed by atoms with Gasteiger partial charge in [0.15, 0.2) is 0 Å². The van der Waals surface area contributed by atoms with Crippen LogP contribution in [0.4, 0.5) is 11.6 Å². The van der Waals surface area contributed by atoms with E-state index in [1.165, 1.54) is 0 Å². The highest BCUT2D eigenvalue weighted by Gasteiger charge is 2.21. The Bertz CT molecular complexity index is 440. The maximum Gasteiger partial charge on any atom is 0.145 e. The van der Waals surface area contributed by atoms with Gasteiger partial charge in [-0.1, -0.05) is 34.6 Å². The maximum atomic E-state index is 9.05. The number of nitrogens with one attached hydrogen (secondary N) is 2. The summed E-state index contributed by atoms with van der Waals surface area (Å²) in [7, 11) is 0. The van der Waals surface area contributed by atoms with Gasteiger partial charge in [0.2, 0.25) is 0 Å². The molecule has 5 N–H and O–H groups in total. The van der Waals surface area contributed by atoms with Gasteiger partial charge in [0.1, 0.15) is 17.5 Å². The number of hydrogen-bond acceptors (Lipinski definition) is 6. The molecule has 0 amide bonds. The highest BCUT2D eigenvalue weighted by molar-refractivity contribution is 5.47. The molecule has 6 heteroatoms. The van der Waals surface area contributed by atoms with Crippen LogP contribution in [-0.4, -0.2) is 28.2 Å². The Morgan fingerprint density at radius 3 is 2.25 bits per heavy atom. The zero-order valence-corrected chi connectivity index (χ0v) is 13.1. The summed E-state index contributed by atoms with van der Waals surface area (Å²) in [6, 6.07) is 1.78. The number of hydrazine groups is 1. The number of hydrogen-bond donors (Lipinski definition) is 4. The monoisotopic (exact) mass is 281 g/mol. The molecular weight excluding hydrogens is 254 g/mol. The molecule has 0 aliphatic heterocycles. The topological polar surface area (TPSA) is 96.1 Å². The molecule has 0 fully saturated rings. The SMILES string of the molecule is CC(C)(CCO)CNc1cc(NN)nc(C(C)(C)C)n1. The van der Waals surface area contributed by atoms with Gasteiger partial charge in [-0.2, -0.15) is 0 Å². The zero-order valence-electron chi connectivity index (χ0n) is 13.1. The predicted molar refractivity (Wildman–Crippen MR) is 82.5 cm³/mol. The quantitative estimate of drug-likeness (QED) is 0.470. The Morgan fingerprint density at radius 2 is 1.75 bits per heavy atom. The van der Waals surface area contributed by atoms with E-state index in [9.17, 15) is 0 Å². The second kappa shape index (κ2) is 6.37. The van der Waals surface area contributed by atoms with Crippen molar-refractivity contribution in [2.75, 3.05) is 23.9 Å². The molecule has 0 saturated heterocycles. The van der Waals surface area contributed by atoms with E-state index >= 15 is 0 Å².